The Labute approximate surface area is 111 Å². The standard InChI is InChI=1S/C11H12BrF3N2O/c1-6-2-3-7(8(12)4-6)9(10(16)18)17-5-11(13,14)15/h2-4,9,17H,5H2,1H3,(H2,16,18). The molecule has 0 fully saturated rings. The van der Waals surface area contributed by atoms with Crippen LogP contribution in [-0.4, -0.2) is 18.6 Å². The van der Waals surface area contributed by atoms with Gasteiger partial charge in [-0.05, 0) is 24.1 Å². The van der Waals surface area contributed by atoms with Crippen LogP contribution in [-0.2, 0) is 4.79 Å². The summed E-state index contributed by atoms with van der Waals surface area (Å²) in [6.07, 6.45) is -4.40. The van der Waals surface area contributed by atoms with Crippen molar-refractivity contribution in [2.45, 2.75) is 19.1 Å². The quantitative estimate of drug-likeness (QED) is 0.893. The van der Waals surface area contributed by atoms with E-state index in [0.717, 1.165) is 5.56 Å². The summed E-state index contributed by atoms with van der Waals surface area (Å²) in [5, 5.41) is 2.11. The third-order valence-corrected chi connectivity index (χ3v) is 2.94. The summed E-state index contributed by atoms with van der Waals surface area (Å²) in [5.74, 6) is -0.858. The van der Waals surface area contributed by atoms with Gasteiger partial charge in [-0.2, -0.15) is 13.2 Å². The Bertz CT molecular complexity index is 448. The minimum absolute atomic E-state index is 0.386. The van der Waals surface area contributed by atoms with E-state index in [1.54, 1.807) is 18.2 Å². The molecule has 1 atom stereocenters. The van der Waals surface area contributed by atoms with Crippen molar-refractivity contribution in [3.05, 3.63) is 33.8 Å². The van der Waals surface area contributed by atoms with Crippen LogP contribution in [0.25, 0.3) is 0 Å². The van der Waals surface area contributed by atoms with Crippen molar-refractivity contribution in [1.82, 2.24) is 5.32 Å². The molecule has 1 aromatic carbocycles. The van der Waals surface area contributed by atoms with Crippen LogP contribution in [0.3, 0.4) is 0 Å². The highest BCUT2D eigenvalue weighted by Crippen LogP contribution is 2.25. The number of aryl methyl sites for hydroxylation is 1. The molecule has 0 spiro atoms. The predicted molar refractivity (Wildman–Crippen MR) is 64.9 cm³/mol. The number of rotatable bonds is 4. The molecule has 3 N–H and O–H groups in total. The molecule has 0 saturated carbocycles. The van der Waals surface area contributed by atoms with Crippen molar-refractivity contribution in [3.8, 4) is 0 Å². The molecular weight excluding hydrogens is 313 g/mol. The van der Waals surface area contributed by atoms with Gasteiger partial charge in [0.1, 0.15) is 6.04 Å². The summed E-state index contributed by atoms with van der Waals surface area (Å²) >= 11 is 3.21. The normalized spacial score (nSPS) is 13.4. The van der Waals surface area contributed by atoms with Gasteiger partial charge in [0, 0.05) is 4.47 Å². The van der Waals surface area contributed by atoms with E-state index in [4.69, 9.17) is 5.73 Å². The van der Waals surface area contributed by atoms with Crippen molar-refractivity contribution >= 4 is 21.8 Å². The fourth-order valence-corrected chi connectivity index (χ4v) is 2.17. The fourth-order valence-electron chi connectivity index (χ4n) is 1.45. The highest BCUT2D eigenvalue weighted by Gasteiger charge is 2.30. The zero-order chi connectivity index (χ0) is 13.9. The van der Waals surface area contributed by atoms with Gasteiger partial charge in [0.2, 0.25) is 5.91 Å². The first-order chi connectivity index (χ1) is 8.20. The molecule has 1 rings (SSSR count). The molecule has 0 saturated heterocycles. The van der Waals surface area contributed by atoms with Crippen LogP contribution in [0.15, 0.2) is 22.7 Å². The lowest BCUT2D eigenvalue weighted by atomic mass is 10.0. The zero-order valence-electron chi connectivity index (χ0n) is 9.51. The van der Waals surface area contributed by atoms with Crippen LogP contribution in [0.5, 0.6) is 0 Å². The molecule has 0 aliphatic carbocycles. The fraction of sp³-hybridized carbons (Fsp3) is 0.364. The Hall–Kier alpha value is -1.08. The molecule has 0 aromatic heterocycles. The van der Waals surface area contributed by atoms with Crippen molar-refractivity contribution in [2.75, 3.05) is 6.54 Å². The maximum Gasteiger partial charge on any atom is 0.401 e. The first kappa shape index (κ1) is 15.0. The van der Waals surface area contributed by atoms with Gasteiger partial charge in [-0.25, -0.2) is 0 Å². The van der Waals surface area contributed by atoms with Crippen LogP contribution in [0.1, 0.15) is 17.2 Å². The lowest BCUT2D eigenvalue weighted by Gasteiger charge is -2.18. The Morgan fingerprint density at radius 1 is 1.50 bits per heavy atom. The minimum Gasteiger partial charge on any atom is -0.368 e. The van der Waals surface area contributed by atoms with Crippen molar-refractivity contribution in [1.29, 1.82) is 0 Å². The summed E-state index contributed by atoms with van der Waals surface area (Å²) in [6, 6.07) is 3.80. The first-order valence-corrected chi connectivity index (χ1v) is 5.85. The second-order valence-corrected chi connectivity index (χ2v) is 4.71. The third-order valence-electron chi connectivity index (χ3n) is 2.26. The Kier molecular flexibility index (Phi) is 4.75. The Morgan fingerprint density at radius 3 is 2.56 bits per heavy atom. The van der Waals surface area contributed by atoms with E-state index in [0.29, 0.717) is 10.0 Å². The van der Waals surface area contributed by atoms with E-state index < -0.39 is 24.7 Å². The highest BCUT2D eigenvalue weighted by atomic mass is 79.9. The van der Waals surface area contributed by atoms with E-state index in [1.807, 2.05) is 6.92 Å². The molecule has 0 radical (unpaired) electrons. The number of hydrogen-bond donors (Lipinski definition) is 2. The second kappa shape index (κ2) is 5.71. The second-order valence-electron chi connectivity index (χ2n) is 3.86. The van der Waals surface area contributed by atoms with E-state index in [9.17, 15) is 18.0 Å². The topological polar surface area (TPSA) is 55.1 Å². The highest BCUT2D eigenvalue weighted by molar-refractivity contribution is 9.10. The number of carbonyl (C=O) groups is 1. The van der Waals surface area contributed by atoms with Gasteiger partial charge < -0.3 is 5.73 Å². The summed E-state index contributed by atoms with van der Waals surface area (Å²) in [4.78, 5) is 11.2. The maximum atomic E-state index is 12.1. The maximum absolute atomic E-state index is 12.1. The lowest BCUT2D eigenvalue weighted by Crippen LogP contribution is -2.39. The number of nitrogens with one attached hydrogen (secondary N) is 1. The molecule has 1 unspecified atom stereocenters. The average Bonchev–Trinajstić information content (AvgIpc) is 2.18. The van der Waals surface area contributed by atoms with Crippen molar-refractivity contribution in [2.24, 2.45) is 5.73 Å². The summed E-state index contributed by atoms with van der Waals surface area (Å²) in [7, 11) is 0. The van der Waals surface area contributed by atoms with E-state index >= 15 is 0 Å². The molecule has 0 heterocycles. The number of halogens is 4. The number of nitrogens with two attached hydrogens (primary N) is 1. The molecular formula is C11H12BrF3N2O. The van der Waals surface area contributed by atoms with Gasteiger partial charge in [0.05, 0.1) is 6.54 Å². The number of alkyl halides is 3. The minimum atomic E-state index is -4.40. The van der Waals surface area contributed by atoms with Crippen molar-refractivity contribution in [3.63, 3.8) is 0 Å². The molecule has 0 aliphatic heterocycles. The number of benzene rings is 1. The van der Waals surface area contributed by atoms with Gasteiger partial charge in [-0.15, -0.1) is 0 Å². The molecule has 18 heavy (non-hydrogen) atoms. The molecule has 1 amide bonds. The number of hydrogen-bond acceptors (Lipinski definition) is 2. The van der Waals surface area contributed by atoms with Gasteiger partial charge in [-0.1, -0.05) is 28.1 Å². The molecule has 0 aliphatic rings. The molecule has 1 aromatic rings. The summed E-state index contributed by atoms with van der Waals surface area (Å²) in [5.41, 5.74) is 6.42. The SMILES string of the molecule is Cc1ccc(C(NCC(F)(F)F)C(N)=O)c(Br)c1. The van der Waals surface area contributed by atoms with E-state index in [-0.39, 0.29) is 0 Å². The van der Waals surface area contributed by atoms with Crippen LogP contribution < -0.4 is 11.1 Å². The largest absolute Gasteiger partial charge is 0.401 e. The van der Waals surface area contributed by atoms with Gasteiger partial charge in [0.25, 0.3) is 0 Å². The molecule has 7 heteroatoms. The summed E-state index contributed by atoms with van der Waals surface area (Å²) < 4.78 is 36.9. The molecule has 0 bridgehead atoms. The Balaban J connectivity index is 2.95. The summed E-state index contributed by atoms with van der Waals surface area (Å²) in [6.45, 7) is 0.553. The lowest BCUT2D eigenvalue weighted by molar-refractivity contribution is -0.130. The number of amides is 1. The monoisotopic (exact) mass is 324 g/mol. The van der Waals surface area contributed by atoms with Gasteiger partial charge in [0.15, 0.2) is 0 Å². The van der Waals surface area contributed by atoms with Gasteiger partial charge in [-0.3, -0.25) is 10.1 Å². The van der Waals surface area contributed by atoms with Crippen LogP contribution in [0.2, 0.25) is 0 Å². The van der Waals surface area contributed by atoms with Crippen LogP contribution in [0, 0.1) is 6.92 Å². The molecule has 100 valence electrons. The van der Waals surface area contributed by atoms with E-state index in [2.05, 4.69) is 21.2 Å². The average molecular weight is 325 g/mol. The van der Waals surface area contributed by atoms with Crippen LogP contribution >= 0.6 is 15.9 Å². The number of primary amides is 1. The van der Waals surface area contributed by atoms with Crippen LogP contribution in [0.4, 0.5) is 13.2 Å². The zero-order valence-corrected chi connectivity index (χ0v) is 11.1. The third kappa shape index (κ3) is 4.30. The predicted octanol–water partition coefficient (Wildman–Crippen LogP) is 2.44. The smallest absolute Gasteiger partial charge is 0.368 e. The first-order valence-electron chi connectivity index (χ1n) is 5.06. The van der Waals surface area contributed by atoms with Gasteiger partial charge >= 0.3 is 6.18 Å². The van der Waals surface area contributed by atoms with E-state index in [1.165, 1.54) is 0 Å². The van der Waals surface area contributed by atoms with Crippen molar-refractivity contribution < 1.29 is 18.0 Å². The molecule has 3 nitrogen and oxygen atoms in total. The Morgan fingerprint density at radius 2 is 2.11 bits per heavy atom. The number of carbonyl (C=O) groups excluding carboxylic acids is 1.